The van der Waals surface area contributed by atoms with Gasteiger partial charge in [0.05, 0.1) is 17.0 Å². The van der Waals surface area contributed by atoms with Crippen molar-refractivity contribution in [3.05, 3.63) is 16.9 Å². The van der Waals surface area contributed by atoms with E-state index in [2.05, 4.69) is 5.10 Å². The van der Waals surface area contributed by atoms with Crippen molar-refractivity contribution in [1.29, 1.82) is 0 Å². The molecule has 0 atom stereocenters. The summed E-state index contributed by atoms with van der Waals surface area (Å²) in [5.74, 6) is 1.45. The van der Waals surface area contributed by atoms with E-state index < -0.39 is 0 Å². The van der Waals surface area contributed by atoms with Crippen molar-refractivity contribution < 1.29 is 4.79 Å². The van der Waals surface area contributed by atoms with Crippen LogP contribution in [0.15, 0.2) is 6.20 Å². The lowest BCUT2D eigenvalue weighted by atomic mass is 10.3. The fourth-order valence-electron chi connectivity index (χ4n) is 1.26. The molecule has 15 heavy (non-hydrogen) atoms. The van der Waals surface area contributed by atoms with Crippen LogP contribution < -0.4 is 0 Å². The van der Waals surface area contributed by atoms with Crippen molar-refractivity contribution in [2.45, 2.75) is 26.8 Å². The van der Waals surface area contributed by atoms with Crippen molar-refractivity contribution in [3.8, 4) is 0 Å². The van der Waals surface area contributed by atoms with Gasteiger partial charge in [-0.3, -0.25) is 9.48 Å². The first-order chi connectivity index (χ1) is 7.07. The maximum atomic E-state index is 11.8. The van der Waals surface area contributed by atoms with Crippen LogP contribution in [0.3, 0.4) is 0 Å². The Kier molecular flexibility index (Phi) is 4.67. The number of rotatable bonds is 5. The van der Waals surface area contributed by atoms with Gasteiger partial charge in [0.15, 0.2) is 5.78 Å². The van der Waals surface area contributed by atoms with Crippen LogP contribution in [-0.2, 0) is 0 Å². The third-order valence-corrected chi connectivity index (χ3v) is 3.09. The SMILES string of the molecule is CCSCC(=O)c1c(Cl)cnn1C(C)C. The molecule has 0 saturated carbocycles. The van der Waals surface area contributed by atoms with Crippen LogP contribution in [0.2, 0.25) is 5.02 Å². The maximum Gasteiger partial charge on any atom is 0.192 e. The summed E-state index contributed by atoms with van der Waals surface area (Å²) in [6, 6.07) is 0.156. The molecule has 1 aromatic rings. The Labute approximate surface area is 99.2 Å². The van der Waals surface area contributed by atoms with Crippen LogP contribution in [0.5, 0.6) is 0 Å². The highest BCUT2D eigenvalue weighted by Gasteiger charge is 2.18. The zero-order valence-electron chi connectivity index (χ0n) is 9.16. The number of halogens is 1. The molecule has 0 aromatic carbocycles. The summed E-state index contributed by atoms with van der Waals surface area (Å²) in [4.78, 5) is 11.8. The van der Waals surface area contributed by atoms with Crippen molar-refractivity contribution >= 4 is 29.1 Å². The summed E-state index contributed by atoms with van der Waals surface area (Å²) in [5, 5.41) is 4.55. The standard InChI is InChI=1S/C10H15ClN2OS/c1-4-15-6-9(14)10-8(11)5-12-13(10)7(2)3/h5,7H,4,6H2,1-3H3. The minimum absolute atomic E-state index is 0.0538. The van der Waals surface area contributed by atoms with E-state index in [1.807, 2.05) is 20.8 Å². The molecular weight excluding hydrogens is 232 g/mol. The molecule has 0 aliphatic rings. The van der Waals surface area contributed by atoms with Gasteiger partial charge in [-0.1, -0.05) is 18.5 Å². The van der Waals surface area contributed by atoms with Crippen molar-refractivity contribution in [3.63, 3.8) is 0 Å². The van der Waals surface area contributed by atoms with Gasteiger partial charge in [0.1, 0.15) is 5.69 Å². The average molecular weight is 247 g/mol. The Morgan fingerprint density at radius 1 is 1.67 bits per heavy atom. The molecule has 0 aliphatic heterocycles. The molecular formula is C10H15ClN2OS. The molecule has 0 N–H and O–H groups in total. The lowest BCUT2D eigenvalue weighted by Crippen LogP contribution is -2.14. The Morgan fingerprint density at radius 2 is 2.33 bits per heavy atom. The first kappa shape index (κ1) is 12.6. The van der Waals surface area contributed by atoms with Crippen molar-refractivity contribution in [2.75, 3.05) is 11.5 Å². The largest absolute Gasteiger partial charge is 0.291 e. The minimum Gasteiger partial charge on any atom is -0.291 e. The van der Waals surface area contributed by atoms with Crippen LogP contribution >= 0.6 is 23.4 Å². The number of aromatic nitrogens is 2. The molecule has 0 bridgehead atoms. The van der Waals surface area contributed by atoms with Crippen LogP contribution in [0, 0.1) is 0 Å². The first-order valence-electron chi connectivity index (χ1n) is 4.91. The first-order valence-corrected chi connectivity index (χ1v) is 6.45. The van der Waals surface area contributed by atoms with Gasteiger partial charge in [-0.15, -0.1) is 0 Å². The van der Waals surface area contributed by atoms with E-state index in [1.165, 1.54) is 6.20 Å². The summed E-state index contributed by atoms with van der Waals surface area (Å²) in [6.07, 6.45) is 1.53. The number of hydrogen-bond acceptors (Lipinski definition) is 3. The molecule has 1 rings (SSSR count). The lowest BCUT2D eigenvalue weighted by molar-refractivity contribution is 0.101. The number of carbonyl (C=O) groups excluding carboxylic acids is 1. The van der Waals surface area contributed by atoms with Gasteiger partial charge >= 0.3 is 0 Å². The molecule has 1 heterocycles. The third-order valence-electron chi connectivity index (χ3n) is 1.94. The number of Topliss-reactive ketones (excluding diaryl/α,β-unsaturated/α-hetero) is 1. The number of thioether (sulfide) groups is 1. The number of nitrogens with zero attached hydrogens (tertiary/aromatic N) is 2. The summed E-state index contributed by atoms with van der Waals surface area (Å²) < 4.78 is 1.68. The highest BCUT2D eigenvalue weighted by atomic mass is 35.5. The zero-order chi connectivity index (χ0) is 11.4. The molecule has 0 saturated heterocycles. The van der Waals surface area contributed by atoms with Crippen molar-refractivity contribution in [1.82, 2.24) is 9.78 Å². The Hall–Kier alpha value is -0.480. The van der Waals surface area contributed by atoms with Gasteiger partial charge < -0.3 is 0 Å². The highest BCUT2D eigenvalue weighted by molar-refractivity contribution is 7.99. The molecule has 0 fully saturated rings. The molecule has 0 spiro atoms. The van der Waals surface area contributed by atoms with Crippen LogP contribution in [0.4, 0.5) is 0 Å². The minimum atomic E-state index is 0.0538. The molecule has 84 valence electrons. The summed E-state index contributed by atoms with van der Waals surface area (Å²) >= 11 is 7.54. The van der Waals surface area contributed by atoms with E-state index >= 15 is 0 Å². The maximum absolute atomic E-state index is 11.8. The van der Waals surface area contributed by atoms with Gasteiger partial charge in [-0.05, 0) is 19.6 Å². The van der Waals surface area contributed by atoms with Crippen LogP contribution in [0.25, 0.3) is 0 Å². The molecule has 0 amide bonds. The Bertz CT molecular complexity index is 349. The van der Waals surface area contributed by atoms with E-state index in [1.54, 1.807) is 16.4 Å². The van der Waals surface area contributed by atoms with E-state index in [0.717, 1.165) is 5.75 Å². The average Bonchev–Trinajstić information content (AvgIpc) is 2.56. The predicted octanol–water partition coefficient (Wildman–Crippen LogP) is 3.05. The quantitative estimate of drug-likeness (QED) is 0.749. The van der Waals surface area contributed by atoms with E-state index in [-0.39, 0.29) is 11.8 Å². The monoisotopic (exact) mass is 246 g/mol. The molecule has 0 radical (unpaired) electrons. The normalized spacial score (nSPS) is 11.0. The van der Waals surface area contributed by atoms with E-state index in [4.69, 9.17) is 11.6 Å². The topological polar surface area (TPSA) is 34.9 Å². The highest BCUT2D eigenvalue weighted by Crippen LogP contribution is 2.20. The predicted molar refractivity (Wildman–Crippen MR) is 65.0 cm³/mol. The van der Waals surface area contributed by atoms with E-state index in [0.29, 0.717) is 16.5 Å². The second kappa shape index (κ2) is 5.56. The lowest BCUT2D eigenvalue weighted by Gasteiger charge is -2.09. The summed E-state index contributed by atoms with van der Waals surface area (Å²) in [6.45, 7) is 5.99. The molecule has 5 heteroatoms. The molecule has 1 aromatic heterocycles. The number of ketones is 1. The van der Waals surface area contributed by atoms with Gasteiger partial charge in [0, 0.05) is 6.04 Å². The van der Waals surface area contributed by atoms with Gasteiger partial charge in [0.2, 0.25) is 0 Å². The molecule has 0 unspecified atom stereocenters. The molecule has 3 nitrogen and oxygen atoms in total. The van der Waals surface area contributed by atoms with Gasteiger partial charge in [-0.2, -0.15) is 16.9 Å². The second-order valence-electron chi connectivity index (χ2n) is 3.44. The number of carbonyl (C=O) groups is 1. The number of hydrogen-bond donors (Lipinski definition) is 0. The fourth-order valence-corrected chi connectivity index (χ4v) is 2.02. The zero-order valence-corrected chi connectivity index (χ0v) is 10.7. The van der Waals surface area contributed by atoms with Gasteiger partial charge in [0.25, 0.3) is 0 Å². The van der Waals surface area contributed by atoms with Crippen molar-refractivity contribution in [2.24, 2.45) is 0 Å². The van der Waals surface area contributed by atoms with Crippen LogP contribution in [0.1, 0.15) is 37.3 Å². The van der Waals surface area contributed by atoms with E-state index in [9.17, 15) is 4.79 Å². The Balaban J connectivity index is 2.91. The fraction of sp³-hybridized carbons (Fsp3) is 0.600. The molecule has 0 aliphatic carbocycles. The Morgan fingerprint density at radius 3 is 2.87 bits per heavy atom. The smallest absolute Gasteiger partial charge is 0.192 e. The third kappa shape index (κ3) is 2.98. The van der Waals surface area contributed by atoms with Crippen LogP contribution in [-0.4, -0.2) is 27.1 Å². The summed E-state index contributed by atoms with van der Waals surface area (Å²) in [5.41, 5.74) is 0.535. The second-order valence-corrected chi connectivity index (χ2v) is 5.12. The summed E-state index contributed by atoms with van der Waals surface area (Å²) in [7, 11) is 0. The van der Waals surface area contributed by atoms with Gasteiger partial charge in [-0.25, -0.2) is 0 Å².